The summed E-state index contributed by atoms with van der Waals surface area (Å²) in [5, 5.41) is 4.33. The molecule has 2 fully saturated rings. The van der Waals surface area contributed by atoms with E-state index in [2.05, 4.69) is 10.5 Å². The highest BCUT2D eigenvalue weighted by Crippen LogP contribution is 2.52. The fourth-order valence-corrected chi connectivity index (χ4v) is 4.90. The maximum atomic E-state index is 12.8. The Kier molecular flexibility index (Phi) is 4.54. The molecule has 0 spiro atoms. The first-order valence-electron chi connectivity index (χ1n) is 10.1. The first-order chi connectivity index (χ1) is 14.6. The van der Waals surface area contributed by atoms with Gasteiger partial charge in [-0.05, 0) is 18.3 Å². The SMILES string of the molecule is O=C(CN1C(=O)C2C3C=CC(C3)C2C1=O)NN=C(c1ccccc1)c1ccccc1. The predicted octanol–water partition coefficient (Wildman–Crippen LogP) is 2.36. The molecule has 1 saturated carbocycles. The van der Waals surface area contributed by atoms with E-state index >= 15 is 0 Å². The molecule has 0 aromatic heterocycles. The van der Waals surface area contributed by atoms with Gasteiger partial charge in [-0.2, -0.15) is 5.10 Å². The largest absolute Gasteiger partial charge is 0.274 e. The molecule has 3 amide bonds. The van der Waals surface area contributed by atoms with Crippen LogP contribution in [0.4, 0.5) is 0 Å². The van der Waals surface area contributed by atoms with Crippen molar-refractivity contribution in [2.24, 2.45) is 28.8 Å². The number of hydrazone groups is 1. The highest BCUT2D eigenvalue weighted by molar-refractivity contribution is 6.13. The molecule has 1 saturated heterocycles. The van der Waals surface area contributed by atoms with Crippen LogP contribution in [0.5, 0.6) is 0 Å². The van der Waals surface area contributed by atoms with Gasteiger partial charge in [-0.25, -0.2) is 5.43 Å². The van der Waals surface area contributed by atoms with Crippen molar-refractivity contribution in [2.45, 2.75) is 6.42 Å². The Morgan fingerprint density at radius 3 is 1.87 bits per heavy atom. The van der Waals surface area contributed by atoms with Gasteiger partial charge in [-0.15, -0.1) is 0 Å². The summed E-state index contributed by atoms with van der Waals surface area (Å²) in [5.41, 5.74) is 4.86. The predicted molar refractivity (Wildman–Crippen MR) is 111 cm³/mol. The molecule has 2 aromatic rings. The van der Waals surface area contributed by atoms with Crippen molar-refractivity contribution in [2.75, 3.05) is 6.54 Å². The zero-order valence-corrected chi connectivity index (χ0v) is 16.3. The average molecular weight is 399 g/mol. The molecule has 1 heterocycles. The van der Waals surface area contributed by atoms with E-state index in [1.165, 1.54) is 0 Å². The van der Waals surface area contributed by atoms with Crippen LogP contribution in [0.15, 0.2) is 77.9 Å². The summed E-state index contributed by atoms with van der Waals surface area (Å²) in [4.78, 5) is 39.2. The molecule has 5 rings (SSSR count). The summed E-state index contributed by atoms with van der Waals surface area (Å²) in [6.45, 7) is -0.301. The van der Waals surface area contributed by atoms with Crippen LogP contribution in [0, 0.1) is 23.7 Å². The normalized spacial score (nSPS) is 26.1. The molecule has 0 radical (unpaired) electrons. The van der Waals surface area contributed by atoms with Crippen LogP contribution in [-0.4, -0.2) is 34.9 Å². The number of hydrogen-bond donors (Lipinski definition) is 1. The van der Waals surface area contributed by atoms with Crippen molar-refractivity contribution in [3.05, 3.63) is 83.9 Å². The van der Waals surface area contributed by atoms with Crippen LogP contribution in [0.3, 0.4) is 0 Å². The number of benzene rings is 2. The third-order valence-corrected chi connectivity index (χ3v) is 6.25. The molecule has 4 unspecified atom stereocenters. The summed E-state index contributed by atoms with van der Waals surface area (Å²) in [6, 6.07) is 19.1. The summed E-state index contributed by atoms with van der Waals surface area (Å²) >= 11 is 0. The average Bonchev–Trinajstić information content (AvgIpc) is 3.46. The van der Waals surface area contributed by atoms with Gasteiger partial charge in [0.05, 0.1) is 17.5 Å². The van der Waals surface area contributed by atoms with E-state index in [-0.39, 0.29) is 42.0 Å². The number of allylic oxidation sites excluding steroid dienone is 2. The number of carbonyl (C=O) groups excluding carboxylic acids is 3. The zero-order valence-electron chi connectivity index (χ0n) is 16.3. The number of fused-ring (bicyclic) bond motifs is 5. The smallest absolute Gasteiger partial charge is 0.260 e. The van der Waals surface area contributed by atoms with Crippen LogP contribution < -0.4 is 5.43 Å². The van der Waals surface area contributed by atoms with Gasteiger partial charge < -0.3 is 0 Å². The van der Waals surface area contributed by atoms with Crippen molar-refractivity contribution in [3.63, 3.8) is 0 Å². The number of nitrogens with one attached hydrogen (secondary N) is 1. The Hall–Kier alpha value is -3.54. The molecule has 4 atom stereocenters. The van der Waals surface area contributed by atoms with Gasteiger partial charge in [-0.3, -0.25) is 19.3 Å². The summed E-state index contributed by atoms with van der Waals surface area (Å²) in [5.74, 6) is -1.28. The van der Waals surface area contributed by atoms with Gasteiger partial charge in [0.2, 0.25) is 11.8 Å². The van der Waals surface area contributed by atoms with Crippen molar-refractivity contribution in [1.82, 2.24) is 10.3 Å². The first-order valence-corrected chi connectivity index (χ1v) is 10.1. The van der Waals surface area contributed by atoms with Crippen molar-refractivity contribution >= 4 is 23.4 Å². The Morgan fingerprint density at radius 2 is 1.37 bits per heavy atom. The molecular formula is C24H21N3O3. The van der Waals surface area contributed by atoms with Crippen molar-refractivity contribution in [3.8, 4) is 0 Å². The lowest BCUT2D eigenvalue weighted by Crippen LogP contribution is -2.40. The van der Waals surface area contributed by atoms with Crippen LogP contribution >= 0.6 is 0 Å². The molecule has 2 aromatic carbocycles. The number of amides is 3. The van der Waals surface area contributed by atoms with Crippen LogP contribution in [-0.2, 0) is 14.4 Å². The fourth-order valence-electron chi connectivity index (χ4n) is 4.90. The van der Waals surface area contributed by atoms with Crippen molar-refractivity contribution < 1.29 is 14.4 Å². The van der Waals surface area contributed by atoms with E-state index in [4.69, 9.17) is 0 Å². The Labute approximate surface area is 174 Å². The second-order valence-corrected chi connectivity index (χ2v) is 7.99. The zero-order chi connectivity index (χ0) is 20.7. The van der Waals surface area contributed by atoms with E-state index in [0.29, 0.717) is 5.71 Å². The molecule has 6 nitrogen and oxygen atoms in total. The first kappa shape index (κ1) is 18.5. The van der Waals surface area contributed by atoms with Gasteiger partial charge in [-0.1, -0.05) is 72.8 Å². The molecule has 6 heteroatoms. The lowest BCUT2D eigenvalue weighted by Gasteiger charge is -2.16. The fraction of sp³-hybridized carbons (Fsp3) is 0.250. The number of carbonyl (C=O) groups is 3. The van der Waals surface area contributed by atoms with Crippen LogP contribution in [0.1, 0.15) is 17.5 Å². The second-order valence-electron chi connectivity index (χ2n) is 7.99. The minimum absolute atomic E-state index is 0.130. The monoisotopic (exact) mass is 399 g/mol. The number of rotatable bonds is 5. The minimum Gasteiger partial charge on any atom is -0.274 e. The highest BCUT2D eigenvalue weighted by atomic mass is 16.2. The van der Waals surface area contributed by atoms with E-state index in [9.17, 15) is 14.4 Å². The van der Waals surface area contributed by atoms with Crippen molar-refractivity contribution in [1.29, 1.82) is 0 Å². The molecule has 2 bridgehead atoms. The second kappa shape index (κ2) is 7.37. The maximum Gasteiger partial charge on any atom is 0.260 e. The lowest BCUT2D eigenvalue weighted by atomic mass is 9.85. The standard InChI is InChI=1S/C24H21N3O3/c28-19(14-27-23(29)20-17-11-12-18(13-17)21(20)24(27)30)25-26-22(15-7-3-1-4-8-15)16-9-5-2-6-10-16/h1-12,17-18,20-21H,13-14H2,(H,25,28). The Bertz CT molecular complexity index is 990. The van der Waals surface area contributed by atoms with E-state index in [1.54, 1.807) is 0 Å². The quantitative estimate of drug-likeness (QED) is 0.363. The molecule has 1 N–H and O–H groups in total. The highest BCUT2D eigenvalue weighted by Gasteiger charge is 2.59. The van der Waals surface area contributed by atoms with Gasteiger partial charge in [0.25, 0.3) is 5.91 Å². The van der Waals surface area contributed by atoms with Gasteiger partial charge >= 0.3 is 0 Å². The third-order valence-electron chi connectivity index (χ3n) is 6.25. The van der Waals surface area contributed by atoms with Gasteiger partial charge in [0.15, 0.2) is 0 Å². The molecule has 150 valence electrons. The molecular weight excluding hydrogens is 378 g/mol. The third kappa shape index (κ3) is 3.05. The number of nitrogens with zero attached hydrogens (tertiary/aromatic N) is 2. The number of likely N-dealkylation sites (tertiary alicyclic amines) is 1. The van der Waals surface area contributed by atoms with Crippen LogP contribution in [0.25, 0.3) is 0 Å². The maximum absolute atomic E-state index is 12.8. The Morgan fingerprint density at radius 1 is 0.867 bits per heavy atom. The number of hydrogen-bond acceptors (Lipinski definition) is 4. The molecule has 30 heavy (non-hydrogen) atoms. The van der Waals surface area contributed by atoms with E-state index < -0.39 is 5.91 Å². The Balaban J connectivity index is 1.33. The van der Waals surface area contributed by atoms with Gasteiger partial charge in [0, 0.05) is 11.1 Å². The summed E-state index contributed by atoms with van der Waals surface area (Å²) in [7, 11) is 0. The van der Waals surface area contributed by atoms with Gasteiger partial charge in [0.1, 0.15) is 6.54 Å². The lowest BCUT2D eigenvalue weighted by molar-refractivity contribution is -0.144. The summed E-state index contributed by atoms with van der Waals surface area (Å²) < 4.78 is 0. The molecule has 3 aliphatic rings. The van der Waals surface area contributed by atoms with E-state index in [1.807, 2.05) is 72.8 Å². The molecule has 1 aliphatic heterocycles. The van der Waals surface area contributed by atoms with E-state index in [0.717, 1.165) is 22.4 Å². The van der Waals surface area contributed by atoms with Crippen LogP contribution in [0.2, 0.25) is 0 Å². The summed E-state index contributed by atoms with van der Waals surface area (Å²) in [6.07, 6.45) is 4.95. The minimum atomic E-state index is -0.485. The topological polar surface area (TPSA) is 78.8 Å². The number of imide groups is 1. The molecule has 2 aliphatic carbocycles.